The molecule has 15 heavy (non-hydrogen) atoms. The number of fused-ring (bicyclic) bond motifs is 1. The van der Waals surface area contributed by atoms with E-state index in [0.717, 1.165) is 28.5 Å². The van der Waals surface area contributed by atoms with Gasteiger partial charge in [-0.15, -0.1) is 11.7 Å². The molecular weight excluding hydrogens is 210 g/mol. The van der Waals surface area contributed by atoms with Crippen LogP contribution in [0, 0.1) is 0 Å². The van der Waals surface area contributed by atoms with Gasteiger partial charge < -0.3 is 0 Å². The molecule has 0 N–H and O–H groups in total. The first-order valence-corrected chi connectivity index (χ1v) is 5.63. The van der Waals surface area contributed by atoms with Gasteiger partial charge in [0.25, 0.3) is 0 Å². The zero-order chi connectivity index (χ0) is 10.7. The summed E-state index contributed by atoms with van der Waals surface area (Å²) in [5.74, 6) is 0.811. The zero-order valence-corrected chi connectivity index (χ0v) is 9.24. The first-order chi connectivity index (χ1) is 7.36. The van der Waals surface area contributed by atoms with Crippen molar-refractivity contribution in [3.8, 4) is 0 Å². The molecule has 2 aromatic heterocycles. The maximum Gasteiger partial charge on any atom is 0.182 e. The maximum absolute atomic E-state index is 4.18. The lowest BCUT2D eigenvalue weighted by molar-refractivity contribution is 0.641. The lowest BCUT2D eigenvalue weighted by atomic mass is 10.5. The van der Waals surface area contributed by atoms with Crippen LogP contribution in [0.2, 0.25) is 0 Å². The fourth-order valence-corrected chi connectivity index (χ4v) is 1.89. The van der Waals surface area contributed by atoms with Crippen LogP contribution >= 0.6 is 11.8 Å². The fourth-order valence-electron chi connectivity index (χ4n) is 1.23. The molecule has 0 unspecified atom stereocenters. The molecule has 0 amide bonds. The predicted octanol–water partition coefficient (Wildman–Crippen LogP) is 1.52. The second-order valence-electron chi connectivity index (χ2n) is 2.86. The molecule has 0 aliphatic carbocycles. The minimum atomic E-state index is 0.763. The average Bonchev–Trinajstić information content (AvgIpc) is 2.69. The van der Waals surface area contributed by atoms with Crippen LogP contribution in [0.4, 0.5) is 0 Å². The standard InChI is InChI=1S/C9H11N5S/c1-3-5-15-9-7-8(10-6-11-9)14(4-2)13-12-7/h3,6H,1,4-5H2,2H3. The Kier molecular flexibility index (Phi) is 2.96. The van der Waals surface area contributed by atoms with Crippen molar-refractivity contribution in [3.63, 3.8) is 0 Å². The fraction of sp³-hybridized carbons (Fsp3) is 0.333. The van der Waals surface area contributed by atoms with Gasteiger partial charge in [0, 0.05) is 12.3 Å². The molecule has 78 valence electrons. The summed E-state index contributed by atoms with van der Waals surface area (Å²) in [4.78, 5) is 8.35. The number of hydrogen-bond acceptors (Lipinski definition) is 5. The summed E-state index contributed by atoms with van der Waals surface area (Å²) in [7, 11) is 0. The Hall–Kier alpha value is -1.43. The number of aryl methyl sites for hydroxylation is 1. The molecule has 2 heterocycles. The number of rotatable bonds is 4. The Bertz CT molecular complexity index is 478. The number of aromatic nitrogens is 5. The highest BCUT2D eigenvalue weighted by Crippen LogP contribution is 2.21. The Labute approximate surface area is 91.6 Å². The lowest BCUT2D eigenvalue weighted by Gasteiger charge is -1.98. The Morgan fingerprint density at radius 1 is 1.53 bits per heavy atom. The van der Waals surface area contributed by atoms with Crippen molar-refractivity contribution in [2.45, 2.75) is 18.5 Å². The van der Waals surface area contributed by atoms with Crippen molar-refractivity contribution in [3.05, 3.63) is 19.0 Å². The van der Waals surface area contributed by atoms with E-state index >= 15 is 0 Å². The molecule has 0 spiro atoms. The molecule has 0 bridgehead atoms. The third-order valence-electron chi connectivity index (χ3n) is 1.90. The van der Waals surface area contributed by atoms with Crippen LogP contribution in [0.25, 0.3) is 11.2 Å². The normalized spacial score (nSPS) is 10.7. The van der Waals surface area contributed by atoms with E-state index in [0.29, 0.717) is 0 Å². The predicted molar refractivity (Wildman–Crippen MR) is 59.7 cm³/mol. The number of nitrogens with zero attached hydrogens (tertiary/aromatic N) is 5. The third-order valence-corrected chi connectivity index (χ3v) is 2.88. The van der Waals surface area contributed by atoms with E-state index in [1.807, 2.05) is 13.0 Å². The molecule has 5 nitrogen and oxygen atoms in total. The van der Waals surface area contributed by atoms with E-state index in [-0.39, 0.29) is 0 Å². The van der Waals surface area contributed by atoms with Gasteiger partial charge in [0.05, 0.1) is 0 Å². The van der Waals surface area contributed by atoms with Crippen molar-refractivity contribution in [1.29, 1.82) is 0 Å². The van der Waals surface area contributed by atoms with Crippen LogP contribution < -0.4 is 0 Å². The third kappa shape index (κ3) is 1.85. The first kappa shape index (κ1) is 10.1. The summed E-state index contributed by atoms with van der Waals surface area (Å²) in [6.45, 7) is 6.44. The van der Waals surface area contributed by atoms with Gasteiger partial charge in [-0.3, -0.25) is 0 Å². The van der Waals surface area contributed by atoms with Crippen LogP contribution in [-0.4, -0.2) is 30.7 Å². The summed E-state index contributed by atoms with van der Waals surface area (Å²) < 4.78 is 1.76. The van der Waals surface area contributed by atoms with Gasteiger partial charge in [-0.05, 0) is 6.92 Å². The molecule has 2 aromatic rings. The van der Waals surface area contributed by atoms with Gasteiger partial charge >= 0.3 is 0 Å². The molecule has 2 rings (SSSR count). The highest BCUT2D eigenvalue weighted by molar-refractivity contribution is 7.99. The van der Waals surface area contributed by atoms with E-state index < -0.39 is 0 Å². The molecule has 0 aliphatic rings. The van der Waals surface area contributed by atoms with E-state index in [4.69, 9.17) is 0 Å². The van der Waals surface area contributed by atoms with Gasteiger partial charge in [0.1, 0.15) is 11.4 Å². The summed E-state index contributed by atoms with van der Waals surface area (Å²) >= 11 is 1.59. The SMILES string of the molecule is C=CCSc1ncnc2c1nnn2CC. The minimum absolute atomic E-state index is 0.763. The van der Waals surface area contributed by atoms with Gasteiger partial charge in [0.2, 0.25) is 0 Å². The van der Waals surface area contributed by atoms with Crippen LogP contribution in [0.1, 0.15) is 6.92 Å². The molecule has 0 fully saturated rings. The summed E-state index contributed by atoms with van der Waals surface area (Å²) in [5, 5.41) is 8.94. The average molecular weight is 221 g/mol. The second-order valence-corrected chi connectivity index (χ2v) is 3.86. The molecule has 6 heteroatoms. The molecule has 0 aromatic carbocycles. The van der Waals surface area contributed by atoms with Gasteiger partial charge in [-0.1, -0.05) is 23.1 Å². The molecule has 0 saturated heterocycles. The van der Waals surface area contributed by atoms with Crippen LogP contribution in [0.3, 0.4) is 0 Å². The zero-order valence-electron chi connectivity index (χ0n) is 8.42. The van der Waals surface area contributed by atoms with Gasteiger partial charge in [0.15, 0.2) is 11.2 Å². The maximum atomic E-state index is 4.18. The monoisotopic (exact) mass is 221 g/mol. The van der Waals surface area contributed by atoms with Crippen molar-refractivity contribution in [2.24, 2.45) is 0 Å². The Balaban J connectivity index is 2.47. The minimum Gasteiger partial charge on any atom is -0.227 e. The lowest BCUT2D eigenvalue weighted by Crippen LogP contribution is -1.97. The summed E-state index contributed by atoms with van der Waals surface area (Å²) in [6, 6.07) is 0. The Morgan fingerprint density at radius 3 is 3.13 bits per heavy atom. The molecule has 0 saturated carbocycles. The van der Waals surface area contributed by atoms with Crippen LogP contribution in [-0.2, 0) is 6.54 Å². The van der Waals surface area contributed by atoms with Gasteiger partial charge in [-0.25, -0.2) is 14.6 Å². The number of hydrogen-bond donors (Lipinski definition) is 0. The van der Waals surface area contributed by atoms with E-state index in [9.17, 15) is 0 Å². The quantitative estimate of drug-likeness (QED) is 0.445. The summed E-state index contributed by atoms with van der Waals surface area (Å²) in [6.07, 6.45) is 3.38. The van der Waals surface area contributed by atoms with Crippen LogP contribution in [0.5, 0.6) is 0 Å². The van der Waals surface area contributed by atoms with E-state index in [1.165, 1.54) is 0 Å². The van der Waals surface area contributed by atoms with Crippen LogP contribution in [0.15, 0.2) is 24.0 Å². The second kappa shape index (κ2) is 4.39. The van der Waals surface area contributed by atoms with E-state index in [2.05, 4.69) is 26.9 Å². The smallest absolute Gasteiger partial charge is 0.182 e. The first-order valence-electron chi connectivity index (χ1n) is 4.64. The van der Waals surface area contributed by atoms with Gasteiger partial charge in [-0.2, -0.15) is 0 Å². The highest BCUT2D eigenvalue weighted by atomic mass is 32.2. The Morgan fingerprint density at radius 2 is 2.40 bits per heavy atom. The van der Waals surface area contributed by atoms with Crippen molar-refractivity contribution >= 4 is 22.9 Å². The number of thioether (sulfide) groups is 1. The molecule has 0 aliphatic heterocycles. The largest absolute Gasteiger partial charge is 0.227 e. The van der Waals surface area contributed by atoms with Crippen molar-refractivity contribution < 1.29 is 0 Å². The van der Waals surface area contributed by atoms with Crippen molar-refractivity contribution in [1.82, 2.24) is 25.0 Å². The topological polar surface area (TPSA) is 56.5 Å². The molecule has 0 atom stereocenters. The highest BCUT2D eigenvalue weighted by Gasteiger charge is 2.09. The van der Waals surface area contributed by atoms with Crippen molar-refractivity contribution in [2.75, 3.05) is 5.75 Å². The molecule has 0 radical (unpaired) electrons. The summed E-state index contributed by atoms with van der Waals surface area (Å²) in [5.41, 5.74) is 1.56. The van der Waals surface area contributed by atoms with E-state index in [1.54, 1.807) is 22.8 Å². The molecular formula is C9H11N5S.